The van der Waals surface area contributed by atoms with E-state index in [-0.39, 0.29) is 6.04 Å². The van der Waals surface area contributed by atoms with Crippen molar-refractivity contribution in [3.63, 3.8) is 0 Å². The van der Waals surface area contributed by atoms with Gasteiger partial charge in [-0.1, -0.05) is 12.0 Å². The fourth-order valence-corrected chi connectivity index (χ4v) is 1.79. The minimum Gasteiger partial charge on any atom is -0.296 e. The summed E-state index contributed by atoms with van der Waals surface area (Å²) in [4.78, 5) is 1.33. The van der Waals surface area contributed by atoms with Crippen molar-refractivity contribution in [2.75, 3.05) is 0 Å². The van der Waals surface area contributed by atoms with Crippen LogP contribution in [0.3, 0.4) is 0 Å². The second-order valence-electron chi connectivity index (χ2n) is 2.79. The molecule has 0 bridgehead atoms. The first kappa shape index (κ1) is 9.31. The van der Waals surface area contributed by atoms with Crippen LogP contribution in [-0.2, 0) is 0 Å². The van der Waals surface area contributed by atoms with Crippen LogP contribution in [0.1, 0.15) is 24.8 Å². The van der Waals surface area contributed by atoms with Crippen LogP contribution in [0.4, 0.5) is 0 Å². The Morgan fingerprint density at radius 3 is 2.83 bits per heavy atom. The number of nitrogens with one attached hydrogen (secondary N) is 1. The highest BCUT2D eigenvalue weighted by atomic mass is 32.1. The molecule has 0 aliphatic heterocycles. The highest BCUT2D eigenvalue weighted by molar-refractivity contribution is 7.10. The summed E-state index contributed by atoms with van der Waals surface area (Å²) in [6.45, 7) is 4.11. The number of terminal acetylenes is 1. The average molecular weight is 179 g/mol. The highest BCUT2D eigenvalue weighted by Gasteiger charge is 2.07. The van der Waals surface area contributed by atoms with E-state index in [2.05, 4.69) is 35.7 Å². The quantitative estimate of drug-likeness (QED) is 0.703. The molecule has 1 aromatic heterocycles. The predicted molar refractivity (Wildman–Crippen MR) is 54.2 cm³/mol. The van der Waals surface area contributed by atoms with Gasteiger partial charge in [-0.3, -0.25) is 5.32 Å². The summed E-state index contributed by atoms with van der Waals surface area (Å²) in [5.74, 6) is 2.65. The van der Waals surface area contributed by atoms with Crippen LogP contribution in [0.2, 0.25) is 0 Å². The van der Waals surface area contributed by atoms with E-state index in [0.717, 1.165) is 0 Å². The van der Waals surface area contributed by atoms with E-state index in [0.29, 0.717) is 6.04 Å². The maximum absolute atomic E-state index is 5.26. The molecule has 64 valence electrons. The van der Waals surface area contributed by atoms with Gasteiger partial charge in [0.15, 0.2) is 0 Å². The van der Waals surface area contributed by atoms with E-state index in [1.807, 2.05) is 6.92 Å². The Hall–Kier alpha value is -0.780. The van der Waals surface area contributed by atoms with Gasteiger partial charge in [-0.15, -0.1) is 17.8 Å². The highest BCUT2D eigenvalue weighted by Crippen LogP contribution is 2.18. The molecule has 1 heterocycles. The van der Waals surface area contributed by atoms with Gasteiger partial charge >= 0.3 is 0 Å². The van der Waals surface area contributed by atoms with Crippen molar-refractivity contribution in [2.24, 2.45) is 0 Å². The lowest BCUT2D eigenvalue weighted by atomic mass is 10.2. The summed E-state index contributed by atoms with van der Waals surface area (Å²) in [6, 6.07) is 4.67. The van der Waals surface area contributed by atoms with Crippen molar-refractivity contribution >= 4 is 11.3 Å². The van der Waals surface area contributed by atoms with E-state index in [4.69, 9.17) is 6.42 Å². The summed E-state index contributed by atoms with van der Waals surface area (Å²) < 4.78 is 0. The molecule has 0 spiro atoms. The first-order valence-electron chi connectivity index (χ1n) is 3.99. The van der Waals surface area contributed by atoms with Crippen molar-refractivity contribution in [3.05, 3.63) is 22.4 Å². The van der Waals surface area contributed by atoms with Gasteiger partial charge in [0, 0.05) is 10.9 Å². The lowest BCUT2D eigenvalue weighted by molar-refractivity contribution is 0.553. The van der Waals surface area contributed by atoms with Gasteiger partial charge in [0.25, 0.3) is 0 Å². The molecular weight excluding hydrogens is 166 g/mol. The van der Waals surface area contributed by atoms with Gasteiger partial charge in [-0.25, -0.2) is 0 Å². The zero-order valence-corrected chi connectivity index (χ0v) is 8.19. The number of hydrogen-bond acceptors (Lipinski definition) is 2. The second-order valence-corrected chi connectivity index (χ2v) is 3.77. The molecular formula is C10H13NS. The number of rotatable bonds is 3. The van der Waals surface area contributed by atoms with Gasteiger partial charge in [0.2, 0.25) is 0 Å². The van der Waals surface area contributed by atoms with Crippen LogP contribution >= 0.6 is 11.3 Å². The molecule has 0 radical (unpaired) electrons. The molecule has 0 amide bonds. The van der Waals surface area contributed by atoms with Crippen molar-refractivity contribution in [2.45, 2.75) is 25.9 Å². The molecule has 0 aromatic carbocycles. The number of thiophene rings is 1. The summed E-state index contributed by atoms with van der Waals surface area (Å²) in [6.07, 6.45) is 5.26. The lowest BCUT2D eigenvalue weighted by Gasteiger charge is -2.14. The SMILES string of the molecule is C#CC(C)N[C@@H](C)c1cccs1. The molecule has 1 nitrogen and oxygen atoms in total. The fourth-order valence-electron chi connectivity index (χ4n) is 1.04. The monoisotopic (exact) mass is 179 g/mol. The summed E-state index contributed by atoms with van der Waals surface area (Å²) >= 11 is 1.75. The second kappa shape index (κ2) is 4.30. The molecule has 2 heteroatoms. The average Bonchev–Trinajstić information content (AvgIpc) is 2.56. The standard InChI is InChI=1S/C10H13NS/c1-4-8(2)11-9(3)10-6-5-7-12-10/h1,5-9,11H,2-3H3/t8?,9-/m0/s1. The zero-order valence-electron chi connectivity index (χ0n) is 7.37. The van der Waals surface area contributed by atoms with Gasteiger partial charge in [-0.2, -0.15) is 0 Å². The maximum atomic E-state index is 5.26. The van der Waals surface area contributed by atoms with Crippen LogP contribution in [-0.4, -0.2) is 6.04 Å². The zero-order chi connectivity index (χ0) is 8.97. The molecule has 0 aliphatic carbocycles. The minimum absolute atomic E-state index is 0.141. The summed E-state index contributed by atoms with van der Waals surface area (Å²) in [7, 11) is 0. The molecule has 2 atom stereocenters. The van der Waals surface area contributed by atoms with E-state index < -0.39 is 0 Å². The minimum atomic E-state index is 0.141. The Kier molecular flexibility index (Phi) is 3.33. The van der Waals surface area contributed by atoms with E-state index >= 15 is 0 Å². The van der Waals surface area contributed by atoms with Gasteiger partial charge in [0.1, 0.15) is 0 Å². The number of hydrogen-bond donors (Lipinski definition) is 1. The van der Waals surface area contributed by atoms with Crippen molar-refractivity contribution in [1.29, 1.82) is 0 Å². The van der Waals surface area contributed by atoms with Gasteiger partial charge < -0.3 is 0 Å². The molecule has 0 fully saturated rings. The fraction of sp³-hybridized carbons (Fsp3) is 0.400. The third-order valence-electron chi connectivity index (χ3n) is 1.72. The predicted octanol–water partition coefficient (Wildman–Crippen LogP) is 2.42. The van der Waals surface area contributed by atoms with Gasteiger partial charge in [0.05, 0.1) is 6.04 Å². The molecule has 1 unspecified atom stereocenters. The van der Waals surface area contributed by atoms with Gasteiger partial charge in [-0.05, 0) is 25.3 Å². The smallest absolute Gasteiger partial charge is 0.0663 e. The van der Waals surface area contributed by atoms with Crippen molar-refractivity contribution < 1.29 is 0 Å². The summed E-state index contributed by atoms with van der Waals surface area (Å²) in [5.41, 5.74) is 0. The topological polar surface area (TPSA) is 12.0 Å². The molecule has 1 aromatic rings. The van der Waals surface area contributed by atoms with E-state index in [9.17, 15) is 0 Å². The molecule has 1 rings (SSSR count). The van der Waals surface area contributed by atoms with Crippen LogP contribution in [0.25, 0.3) is 0 Å². The van der Waals surface area contributed by atoms with E-state index in [1.54, 1.807) is 11.3 Å². The Morgan fingerprint density at radius 1 is 1.58 bits per heavy atom. The van der Waals surface area contributed by atoms with Crippen molar-refractivity contribution in [1.82, 2.24) is 5.32 Å². The molecule has 1 N–H and O–H groups in total. The van der Waals surface area contributed by atoms with Crippen LogP contribution in [0, 0.1) is 12.3 Å². The maximum Gasteiger partial charge on any atom is 0.0663 e. The Labute approximate surface area is 77.8 Å². The third-order valence-corrected chi connectivity index (χ3v) is 2.77. The molecule has 12 heavy (non-hydrogen) atoms. The third kappa shape index (κ3) is 2.37. The first-order chi connectivity index (χ1) is 5.74. The molecule has 0 saturated heterocycles. The summed E-state index contributed by atoms with van der Waals surface area (Å²) in [5, 5.41) is 5.38. The Bertz CT molecular complexity index is 258. The lowest BCUT2D eigenvalue weighted by Crippen LogP contribution is -2.26. The molecule has 0 saturated carbocycles. The Balaban J connectivity index is 2.51. The largest absolute Gasteiger partial charge is 0.296 e. The first-order valence-corrected chi connectivity index (χ1v) is 4.87. The van der Waals surface area contributed by atoms with E-state index in [1.165, 1.54) is 4.88 Å². The van der Waals surface area contributed by atoms with Crippen molar-refractivity contribution in [3.8, 4) is 12.3 Å². The normalized spacial score (nSPS) is 15.1. The van der Waals surface area contributed by atoms with Crippen LogP contribution in [0.15, 0.2) is 17.5 Å². The van der Waals surface area contributed by atoms with Crippen LogP contribution < -0.4 is 5.32 Å². The molecule has 0 aliphatic rings. The van der Waals surface area contributed by atoms with Crippen LogP contribution in [0.5, 0.6) is 0 Å². The Morgan fingerprint density at radius 2 is 2.33 bits per heavy atom.